The Morgan fingerprint density at radius 1 is 1.19 bits per heavy atom. The van der Waals surface area contributed by atoms with E-state index >= 15 is 0 Å². The molecule has 0 heterocycles. The molecule has 16 heavy (non-hydrogen) atoms. The van der Waals surface area contributed by atoms with Gasteiger partial charge in [-0.05, 0) is 12.1 Å². The summed E-state index contributed by atoms with van der Waals surface area (Å²) in [5.41, 5.74) is 0.0321. The van der Waals surface area contributed by atoms with E-state index in [9.17, 15) is 8.78 Å². The summed E-state index contributed by atoms with van der Waals surface area (Å²) in [6.07, 6.45) is 0. The topological polar surface area (TPSA) is 41.5 Å². The highest BCUT2D eigenvalue weighted by Gasteiger charge is 2.06. The molecule has 2 N–H and O–H groups in total. The Morgan fingerprint density at radius 3 is 2.50 bits per heavy atom. The summed E-state index contributed by atoms with van der Waals surface area (Å²) in [7, 11) is 0. The monoisotopic (exact) mass is 231 g/mol. The highest BCUT2D eigenvalue weighted by molar-refractivity contribution is 5.19. The standard InChI is InChI=1S/C11H15F2NO2/c12-10-2-1-3-11(13)9(10)8-14-4-6-16-7-5-15/h1-3,14-15H,4-8H2. The number of halogens is 2. The third-order valence-electron chi connectivity index (χ3n) is 2.02. The van der Waals surface area contributed by atoms with Gasteiger partial charge in [0.25, 0.3) is 0 Å². The largest absolute Gasteiger partial charge is 0.394 e. The van der Waals surface area contributed by atoms with Gasteiger partial charge >= 0.3 is 0 Å². The summed E-state index contributed by atoms with van der Waals surface area (Å²) in [5.74, 6) is -1.10. The summed E-state index contributed by atoms with van der Waals surface area (Å²) in [6, 6.07) is 3.78. The molecule has 0 bridgehead atoms. The van der Waals surface area contributed by atoms with Crippen LogP contribution >= 0.6 is 0 Å². The molecule has 0 aromatic heterocycles. The molecule has 0 saturated carbocycles. The SMILES string of the molecule is OCCOCCNCc1c(F)cccc1F. The van der Waals surface area contributed by atoms with Crippen LogP contribution in [0.3, 0.4) is 0 Å². The molecule has 0 amide bonds. The lowest BCUT2D eigenvalue weighted by molar-refractivity contribution is 0.0937. The zero-order valence-corrected chi connectivity index (χ0v) is 8.88. The van der Waals surface area contributed by atoms with Crippen molar-refractivity contribution >= 4 is 0 Å². The average Bonchev–Trinajstić information content (AvgIpc) is 2.26. The van der Waals surface area contributed by atoms with Gasteiger partial charge in [0, 0.05) is 18.7 Å². The van der Waals surface area contributed by atoms with Crippen LogP contribution in [0.1, 0.15) is 5.56 Å². The van der Waals surface area contributed by atoms with Gasteiger partial charge in [-0.2, -0.15) is 0 Å². The quantitative estimate of drug-likeness (QED) is 0.689. The lowest BCUT2D eigenvalue weighted by Gasteiger charge is -2.07. The van der Waals surface area contributed by atoms with E-state index in [2.05, 4.69) is 5.32 Å². The van der Waals surface area contributed by atoms with Crippen molar-refractivity contribution in [2.75, 3.05) is 26.4 Å². The molecule has 0 aliphatic carbocycles. The van der Waals surface area contributed by atoms with Crippen molar-refractivity contribution in [1.82, 2.24) is 5.32 Å². The normalized spacial score (nSPS) is 10.7. The maximum atomic E-state index is 13.1. The third kappa shape index (κ3) is 4.22. The zero-order valence-electron chi connectivity index (χ0n) is 8.88. The highest BCUT2D eigenvalue weighted by Crippen LogP contribution is 2.11. The smallest absolute Gasteiger partial charge is 0.130 e. The van der Waals surface area contributed by atoms with Gasteiger partial charge in [0.05, 0.1) is 19.8 Å². The summed E-state index contributed by atoms with van der Waals surface area (Å²) in [6.45, 7) is 1.25. The maximum Gasteiger partial charge on any atom is 0.130 e. The highest BCUT2D eigenvalue weighted by atomic mass is 19.1. The Labute approximate surface area is 93.0 Å². The van der Waals surface area contributed by atoms with E-state index in [4.69, 9.17) is 9.84 Å². The second-order valence-corrected chi connectivity index (χ2v) is 3.21. The summed E-state index contributed by atoms with van der Waals surface area (Å²) < 4.78 is 31.3. The summed E-state index contributed by atoms with van der Waals surface area (Å²) in [4.78, 5) is 0. The Kier molecular flexibility index (Phi) is 5.92. The lowest BCUT2D eigenvalue weighted by Crippen LogP contribution is -2.21. The van der Waals surface area contributed by atoms with Crippen molar-refractivity contribution in [1.29, 1.82) is 0 Å². The number of nitrogens with one attached hydrogen (secondary N) is 1. The van der Waals surface area contributed by atoms with E-state index in [1.165, 1.54) is 18.2 Å². The molecule has 0 saturated heterocycles. The minimum atomic E-state index is -0.552. The van der Waals surface area contributed by atoms with Crippen LogP contribution in [0.15, 0.2) is 18.2 Å². The molecule has 0 aliphatic rings. The van der Waals surface area contributed by atoms with Crippen LogP contribution in [0.4, 0.5) is 8.78 Å². The molecule has 1 aromatic rings. The molecule has 0 radical (unpaired) electrons. The van der Waals surface area contributed by atoms with Gasteiger partial charge in [-0.25, -0.2) is 8.78 Å². The predicted octanol–water partition coefficient (Wildman–Crippen LogP) is 1.06. The minimum absolute atomic E-state index is 0.0259. The first-order chi connectivity index (χ1) is 7.75. The number of rotatable bonds is 7. The molecule has 1 rings (SSSR count). The van der Waals surface area contributed by atoms with Crippen molar-refractivity contribution in [2.45, 2.75) is 6.54 Å². The van der Waals surface area contributed by atoms with Crippen molar-refractivity contribution in [2.24, 2.45) is 0 Å². The van der Waals surface area contributed by atoms with Crippen molar-refractivity contribution in [3.8, 4) is 0 Å². The maximum absolute atomic E-state index is 13.1. The summed E-state index contributed by atoms with van der Waals surface area (Å²) in [5, 5.41) is 11.3. The van der Waals surface area contributed by atoms with Gasteiger partial charge in [-0.3, -0.25) is 0 Å². The van der Waals surface area contributed by atoms with E-state index < -0.39 is 11.6 Å². The van der Waals surface area contributed by atoms with Crippen molar-refractivity contribution in [3.63, 3.8) is 0 Å². The molecule has 0 unspecified atom stereocenters. The number of hydrogen-bond donors (Lipinski definition) is 2. The fourth-order valence-electron chi connectivity index (χ4n) is 1.23. The fraction of sp³-hybridized carbons (Fsp3) is 0.455. The van der Waals surface area contributed by atoms with E-state index in [0.717, 1.165) is 0 Å². The Bertz CT molecular complexity index is 301. The molecular weight excluding hydrogens is 216 g/mol. The first-order valence-corrected chi connectivity index (χ1v) is 5.08. The van der Waals surface area contributed by atoms with Crippen molar-refractivity contribution < 1.29 is 18.6 Å². The van der Waals surface area contributed by atoms with Gasteiger partial charge in [-0.1, -0.05) is 6.07 Å². The van der Waals surface area contributed by atoms with Gasteiger partial charge in [0.2, 0.25) is 0 Å². The van der Waals surface area contributed by atoms with E-state index in [0.29, 0.717) is 13.2 Å². The van der Waals surface area contributed by atoms with Gasteiger partial charge < -0.3 is 15.2 Å². The molecule has 0 spiro atoms. The second-order valence-electron chi connectivity index (χ2n) is 3.21. The number of aliphatic hydroxyl groups is 1. The number of aliphatic hydroxyl groups excluding tert-OH is 1. The number of ether oxygens (including phenoxy) is 1. The average molecular weight is 231 g/mol. The number of benzene rings is 1. The van der Waals surface area contributed by atoms with Crippen LogP contribution in [0, 0.1) is 11.6 Å². The molecule has 0 atom stereocenters. The van der Waals surface area contributed by atoms with Gasteiger partial charge in [0.15, 0.2) is 0 Å². The molecule has 5 heteroatoms. The minimum Gasteiger partial charge on any atom is -0.394 e. The first-order valence-electron chi connectivity index (χ1n) is 5.08. The van der Waals surface area contributed by atoms with Gasteiger partial charge in [-0.15, -0.1) is 0 Å². The van der Waals surface area contributed by atoms with Crippen LogP contribution in [0.5, 0.6) is 0 Å². The molecule has 0 aliphatic heterocycles. The van der Waals surface area contributed by atoms with Crippen LogP contribution in [0.25, 0.3) is 0 Å². The first kappa shape index (κ1) is 13.0. The lowest BCUT2D eigenvalue weighted by atomic mass is 10.2. The van der Waals surface area contributed by atoms with Crippen LogP contribution < -0.4 is 5.32 Å². The van der Waals surface area contributed by atoms with Crippen LogP contribution in [0.2, 0.25) is 0 Å². The third-order valence-corrected chi connectivity index (χ3v) is 2.02. The fourth-order valence-corrected chi connectivity index (χ4v) is 1.23. The zero-order chi connectivity index (χ0) is 11.8. The molecule has 1 aromatic carbocycles. The van der Waals surface area contributed by atoms with E-state index in [-0.39, 0.29) is 25.3 Å². The van der Waals surface area contributed by atoms with Crippen LogP contribution in [-0.2, 0) is 11.3 Å². The van der Waals surface area contributed by atoms with E-state index in [1.54, 1.807) is 0 Å². The Balaban J connectivity index is 2.26. The number of hydrogen-bond acceptors (Lipinski definition) is 3. The molecule has 90 valence electrons. The van der Waals surface area contributed by atoms with Crippen molar-refractivity contribution in [3.05, 3.63) is 35.4 Å². The van der Waals surface area contributed by atoms with Gasteiger partial charge in [0.1, 0.15) is 11.6 Å². The molecular formula is C11H15F2NO2. The van der Waals surface area contributed by atoms with Crippen LogP contribution in [-0.4, -0.2) is 31.5 Å². The molecule has 3 nitrogen and oxygen atoms in total. The Hall–Kier alpha value is -1.04. The molecule has 0 fully saturated rings. The van der Waals surface area contributed by atoms with E-state index in [1.807, 2.05) is 0 Å². The summed E-state index contributed by atoms with van der Waals surface area (Å²) >= 11 is 0. The second kappa shape index (κ2) is 7.27. The Morgan fingerprint density at radius 2 is 1.88 bits per heavy atom. The predicted molar refractivity (Wildman–Crippen MR) is 56.0 cm³/mol.